The zero-order valence-corrected chi connectivity index (χ0v) is 24.3. The lowest BCUT2D eigenvalue weighted by atomic mass is 9.37. The summed E-state index contributed by atoms with van der Waals surface area (Å²) in [6.45, 7) is 9.62. The molecule has 0 aromatic carbocycles. The summed E-state index contributed by atoms with van der Waals surface area (Å²) in [6, 6.07) is 0. The van der Waals surface area contributed by atoms with Gasteiger partial charge in [0.2, 0.25) is 5.91 Å². The number of rotatable bonds is 7. The number of hydrogen-bond donors (Lipinski definition) is 2. The number of hydrogen-bond acceptors (Lipinski definition) is 10. The Bertz CT molecular complexity index is 1300. The third-order valence-electron chi connectivity index (χ3n) is 11.3. The van der Waals surface area contributed by atoms with Crippen molar-refractivity contribution in [3.63, 3.8) is 0 Å². The van der Waals surface area contributed by atoms with Gasteiger partial charge in [-0.25, -0.2) is 0 Å². The molecule has 9 atom stereocenters. The SMILES string of the molecule is C=C1C(=O)[C@]23[C@H](O)[C@H]1C[C@H](O)[C@H]2[C@]12CCCC(C)(C)[C@H]1C[C@H]3O[C@@H]2OCCCn1cc(CN2C(=O)CSC2=O)nn1. The normalized spacial score (nSPS) is 42.6. The number of thioether (sulfide) groups is 1. The van der Waals surface area contributed by atoms with Gasteiger partial charge < -0.3 is 19.7 Å². The molecule has 3 aliphatic heterocycles. The number of aliphatic hydroxyl groups is 2. The Balaban J connectivity index is 1.09. The van der Waals surface area contributed by atoms with Gasteiger partial charge in [0.15, 0.2) is 12.1 Å². The summed E-state index contributed by atoms with van der Waals surface area (Å²) in [5.41, 5.74) is -0.783. The minimum Gasteiger partial charge on any atom is -0.393 e. The first-order chi connectivity index (χ1) is 19.5. The topological polar surface area (TPSA) is 144 Å². The van der Waals surface area contributed by atoms with Gasteiger partial charge >= 0.3 is 0 Å². The number of fused-ring (bicyclic) bond motifs is 2. The maximum Gasteiger partial charge on any atom is 0.289 e. The second kappa shape index (κ2) is 9.44. The quantitative estimate of drug-likeness (QED) is 0.361. The number of carbonyl (C=O) groups excluding carboxylic acids is 3. The third-order valence-corrected chi connectivity index (χ3v) is 12.1. The minimum absolute atomic E-state index is 0.0164. The van der Waals surface area contributed by atoms with Crippen LogP contribution in [0.15, 0.2) is 18.3 Å². The lowest BCUT2D eigenvalue weighted by Gasteiger charge is -2.72. The number of imide groups is 1. The van der Waals surface area contributed by atoms with Gasteiger partial charge in [-0.15, -0.1) is 5.10 Å². The fourth-order valence-electron chi connectivity index (χ4n) is 9.70. The second-order valence-electron chi connectivity index (χ2n) is 13.6. The lowest BCUT2D eigenvalue weighted by molar-refractivity contribution is -0.402. The van der Waals surface area contributed by atoms with Crippen molar-refractivity contribution >= 4 is 28.7 Å². The van der Waals surface area contributed by atoms with Gasteiger partial charge in [-0.2, -0.15) is 0 Å². The number of ether oxygens (including phenoxy) is 2. The molecule has 2 amide bonds. The van der Waals surface area contributed by atoms with E-state index in [9.17, 15) is 24.6 Å². The molecule has 11 nitrogen and oxygen atoms in total. The zero-order chi connectivity index (χ0) is 28.9. The predicted octanol–water partition coefficient (Wildman–Crippen LogP) is 2.30. The van der Waals surface area contributed by atoms with Crippen LogP contribution >= 0.6 is 11.8 Å². The van der Waals surface area contributed by atoms with Crippen molar-refractivity contribution in [2.75, 3.05) is 12.4 Å². The van der Waals surface area contributed by atoms with Gasteiger partial charge in [-0.05, 0) is 49.0 Å². The molecule has 7 fully saturated rings. The number of ketones is 1. The van der Waals surface area contributed by atoms with Gasteiger partial charge in [0.05, 0.1) is 48.8 Å². The molecule has 1 aromatic rings. The first kappa shape index (κ1) is 27.7. The molecule has 4 bridgehead atoms. The monoisotopic (exact) mass is 586 g/mol. The molecule has 0 unspecified atom stereocenters. The van der Waals surface area contributed by atoms with Crippen LogP contribution in [0.4, 0.5) is 4.79 Å². The average molecular weight is 587 g/mol. The molecule has 7 aliphatic rings. The minimum atomic E-state index is -1.16. The van der Waals surface area contributed by atoms with Crippen LogP contribution in [0.25, 0.3) is 0 Å². The summed E-state index contributed by atoms with van der Waals surface area (Å²) < 4.78 is 14.9. The number of aromatic nitrogens is 3. The number of carbonyl (C=O) groups is 3. The van der Waals surface area contributed by atoms with E-state index >= 15 is 0 Å². The van der Waals surface area contributed by atoms with Crippen molar-refractivity contribution < 1.29 is 34.1 Å². The molecule has 8 rings (SSSR count). The largest absolute Gasteiger partial charge is 0.393 e. The van der Waals surface area contributed by atoms with Crippen molar-refractivity contribution in [1.29, 1.82) is 0 Å². The highest BCUT2D eigenvalue weighted by molar-refractivity contribution is 8.14. The van der Waals surface area contributed by atoms with Crippen LogP contribution < -0.4 is 0 Å². The van der Waals surface area contributed by atoms with E-state index in [1.54, 1.807) is 10.9 Å². The number of amides is 2. The van der Waals surface area contributed by atoms with E-state index in [2.05, 4.69) is 30.7 Å². The van der Waals surface area contributed by atoms with Crippen molar-refractivity contribution in [2.24, 2.45) is 34.0 Å². The smallest absolute Gasteiger partial charge is 0.289 e. The molecule has 12 heteroatoms. The molecule has 41 heavy (non-hydrogen) atoms. The Kier molecular flexibility index (Phi) is 6.38. The van der Waals surface area contributed by atoms with E-state index in [0.717, 1.165) is 31.0 Å². The van der Waals surface area contributed by atoms with Gasteiger partial charge in [0.1, 0.15) is 5.69 Å². The van der Waals surface area contributed by atoms with E-state index in [1.165, 1.54) is 4.90 Å². The third kappa shape index (κ3) is 3.70. The average Bonchev–Trinajstić information content (AvgIpc) is 3.55. The Hall–Kier alpha value is -2.12. The highest BCUT2D eigenvalue weighted by Crippen LogP contribution is 2.75. The Morgan fingerprint density at radius 2 is 2.02 bits per heavy atom. The second-order valence-corrected chi connectivity index (χ2v) is 14.5. The fraction of sp³-hybridized carbons (Fsp3) is 0.759. The van der Waals surface area contributed by atoms with Crippen LogP contribution in [0.1, 0.15) is 58.1 Å². The van der Waals surface area contributed by atoms with Crippen LogP contribution in [0, 0.1) is 34.0 Å². The lowest BCUT2D eigenvalue weighted by Crippen LogP contribution is -2.78. The van der Waals surface area contributed by atoms with Gasteiger partial charge in [-0.1, -0.05) is 43.8 Å². The molecule has 2 spiro atoms. The van der Waals surface area contributed by atoms with Gasteiger partial charge in [0, 0.05) is 23.8 Å². The molecule has 2 N–H and O–H groups in total. The molecular formula is C29H38N4O7S. The highest BCUT2D eigenvalue weighted by atomic mass is 32.2. The summed E-state index contributed by atoms with van der Waals surface area (Å²) in [5, 5.41) is 31.2. The number of Topliss-reactive ketones (excluding diaryl/α,β-unsaturated/α-hetero) is 1. The predicted molar refractivity (Wildman–Crippen MR) is 146 cm³/mol. The first-order valence-electron chi connectivity index (χ1n) is 14.7. The van der Waals surface area contributed by atoms with Crippen molar-refractivity contribution in [3.05, 3.63) is 24.0 Å². The molecule has 4 heterocycles. The highest BCUT2D eigenvalue weighted by Gasteiger charge is 2.81. The standard InChI is InChI=1S/C29H38N4O7S/c1-15-17-10-18(34)22-28-7-4-6-27(2,3)19(28)11-20(29(22,23(15)36)24(17)37)40-25(28)39-9-5-8-32-12-16(30-31-32)13-33-21(35)14-41-26(33)38/h12,17-20,22,24-25,34,37H,1,4-11,13-14H2,2-3H3/t17-,18-,19+,20+,22-,24+,25-,28-,29+/m0/s1. The van der Waals surface area contributed by atoms with E-state index in [-0.39, 0.29) is 40.6 Å². The Morgan fingerprint density at radius 3 is 2.78 bits per heavy atom. The maximum atomic E-state index is 13.8. The molecule has 3 saturated heterocycles. The summed E-state index contributed by atoms with van der Waals surface area (Å²) in [5.74, 6) is -0.855. The Morgan fingerprint density at radius 1 is 1.22 bits per heavy atom. The molecule has 0 radical (unpaired) electrons. The van der Waals surface area contributed by atoms with Crippen molar-refractivity contribution in [3.8, 4) is 0 Å². The molecule has 4 saturated carbocycles. The molecular weight excluding hydrogens is 548 g/mol. The summed E-state index contributed by atoms with van der Waals surface area (Å²) >= 11 is 0.994. The number of nitrogens with zero attached hydrogens (tertiary/aromatic N) is 4. The molecule has 1 aromatic heterocycles. The van der Waals surface area contributed by atoms with Gasteiger partial charge in [-0.3, -0.25) is 24.0 Å². The summed E-state index contributed by atoms with van der Waals surface area (Å²) in [4.78, 5) is 38.8. The first-order valence-corrected chi connectivity index (χ1v) is 15.7. The van der Waals surface area contributed by atoms with Gasteiger partial charge in [0.25, 0.3) is 5.24 Å². The van der Waals surface area contributed by atoms with E-state index in [0.29, 0.717) is 43.7 Å². The van der Waals surface area contributed by atoms with Crippen LogP contribution in [0.3, 0.4) is 0 Å². The number of aliphatic hydroxyl groups excluding tert-OH is 2. The maximum absolute atomic E-state index is 13.8. The van der Waals surface area contributed by atoms with Crippen molar-refractivity contribution in [2.45, 2.75) is 90.1 Å². The summed E-state index contributed by atoms with van der Waals surface area (Å²) in [6.07, 6.45) is 3.39. The van der Waals surface area contributed by atoms with Crippen LogP contribution in [0.2, 0.25) is 0 Å². The van der Waals surface area contributed by atoms with E-state index in [4.69, 9.17) is 9.47 Å². The van der Waals surface area contributed by atoms with E-state index < -0.39 is 47.3 Å². The number of aryl methyl sites for hydroxylation is 1. The van der Waals surface area contributed by atoms with Crippen molar-refractivity contribution in [1.82, 2.24) is 19.9 Å². The van der Waals surface area contributed by atoms with E-state index in [1.807, 2.05) is 0 Å². The van der Waals surface area contributed by atoms with Crippen LogP contribution in [0.5, 0.6) is 0 Å². The van der Waals surface area contributed by atoms with Crippen LogP contribution in [-0.4, -0.2) is 84.0 Å². The fourth-order valence-corrected chi connectivity index (χ4v) is 10.4. The summed E-state index contributed by atoms with van der Waals surface area (Å²) in [7, 11) is 0. The molecule has 222 valence electrons. The van der Waals surface area contributed by atoms with Crippen LogP contribution in [-0.2, 0) is 32.2 Å². The molecule has 4 aliphatic carbocycles. The zero-order valence-electron chi connectivity index (χ0n) is 23.5. The Labute approximate surface area is 243 Å².